The van der Waals surface area contributed by atoms with Crippen LogP contribution in [0.25, 0.3) is 10.9 Å². The summed E-state index contributed by atoms with van der Waals surface area (Å²) in [6.45, 7) is 1.71. The number of carbonyl (C=O) groups is 1. The lowest BCUT2D eigenvalue weighted by Crippen LogP contribution is -2.03. The first-order valence-electron chi connectivity index (χ1n) is 4.90. The molecule has 17 heavy (non-hydrogen) atoms. The maximum absolute atomic E-state index is 11.5. The van der Waals surface area contributed by atoms with Crippen LogP contribution in [0.5, 0.6) is 11.5 Å². The zero-order chi connectivity index (χ0) is 12.2. The average molecular weight is 361 g/mol. The molecule has 0 saturated carbocycles. The van der Waals surface area contributed by atoms with E-state index in [0.29, 0.717) is 11.5 Å². The molecule has 1 aromatic carbocycles. The van der Waals surface area contributed by atoms with Crippen LogP contribution in [0.1, 0.15) is 11.7 Å². The number of halogens is 2. The summed E-state index contributed by atoms with van der Waals surface area (Å²) < 4.78 is 13.9. The van der Waals surface area contributed by atoms with E-state index in [-0.39, 0.29) is 12.7 Å². The van der Waals surface area contributed by atoms with Crippen molar-refractivity contribution in [2.24, 2.45) is 0 Å². The number of fused-ring (bicyclic) bond motifs is 2. The summed E-state index contributed by atoms with van der Waals surface area (Å²) in [5.41, 5.74) is 0.786. The Morgan fingerprint density at radius 1 is 1.29 bits per heavy atom. The SMILES string of the molecule is CC(=O)n1ccc2c(Br)c3c(c(Br)c21)OCO3. The lowest BCUT2D eigenvalue weighted by molar-refractivity contribution is 0.0941. The first-order chi connectivity index (χ1) is 8.11. The molecule has 2 heterocycles. The van der Waals surface area contributed by atoms with E-state index in [1.807, 2.05) is 6.07 Å². The van der Waals surface area contributed by atoms with Crippen molar-refractivity contribution in [3.63, 3.8) is 0 Å². The molecular weight excluding hydrogens is 354 g/mol. The zero-order valence-corrected chi connectivity index (χ0v) is 12.0. The molecular formula is C11H7Br2NO3. The summed E-state index contributed by atoms with van der Waals surface area (Å²) in [5, 5.41) is 0.913. The van der Waals surface area contributed by atoms with E-state index in [9.17, 15) is 4.79 Å². The van der Waals surface area contributed by atoms with Gasteiger partial charge in [0.2, 0.25) is 12.7 Å². The van der Waals surface area contributed by atoms with Crippen molar-refractivity contribution < 1.29 is 14.3 Å². The fourth-order valence-corrected chi connectivity index (χ4v) is 3.24. The highest BCUT2D eigenvalue weighted by Crippen LogP contribution is 2.49. The van der Waals surface area contributed by atoms with Gasteiger partial charge < -0.3 is 9.47 Å². The minimum atomic E-state index is -0.0496. The first-order valence-corrected chi connectivity index (χ1v) is 6.48. The Morgan fingerprint density at radius 2 is 1.94 bits per heavy atom. The third-order valence-corrected chi connectivity index (χ3v) is 4.20. The van der Waals surface area contributed by atoms with Crippen LogP contribution in [0.15, 0.2) is 21.2 Å². The van der Waals surface area contributed by atoms with Gasteiger partial charge in [-0.2, -0.15) is 0 Å². The number of ether oxygens (including phenoxy) is 2. The summed E-state index contributed by atoms with van der Waals surface area (Å²) in [4.78, 5) is 11.5. The van der Waals surface area contributed by atoms with Crippen molar-refractivity contribution in [3.8, 4) is 11.5 Å². The van der Waals surface area contributed by atoms with Gasteiger partial charge in [0.1, 0.15) is 0 Å². The number of carbonyl (C=O) groups excluding carboxylic acids is 1. The molecule has 0 bridgehead atoms. The maximum atomic E-state index is 11.5. The minimum Gasteiger partial charge on any atom is -0.452 e. The fraction of sp³-hybridized carbons (Fsp3) is 0.182. The smallest absolute Gasteiger partial charge is 0.231 e. The van der Waals surface area contributed by atoms with Gasteiger partial charge >= 0.3 is 0 Å². The Balaban J connectivity index is 2.47. The molecule has 2 aromatic rings. The molecule has 0 atom stereocenters. The summed E-state index contributed by atoms with van der Waals surface area (Å²) in [6, 6.07) is 1.87. The van der Waals surface area contributed by atoms with Crippen LogP contribution < -0.4 is 9.47 Å². The van der Waals surface area contributed by atoms with Crippen molar-refractivity contribution in [1.82, 2.24) is 4.57 Å². The molecule has 4 nitrogen and oxygen atoms in total. The molecule has 0 radical (unpaired) electrons. The van der Waals surface area contributed by atoms with Crippen LogP contribution in [-0.2, 0) is 0 Å². The maximum Gasteiger partial charge on any atom is 0.231 e. The molecule has 0 amide bonds. The fourth-order valence-electron chi connectivity index (χ4n) is 1.93. The predicted molar refractivity (Wildman–Crippen MR) is 69.8 cm³/mol. The lowest BCUT2D eigenvalue weighted by Gasteiger charge is -2.07. The monoisotopic (exact) mass is 359 g/mol. The van der Waals surface area contributed by atoms with Crippen LogP contribution in [0.2, 0.25) is 0 Å². The van der Waals surface area contributed by atoms with E-state index in [1.54, 1.807) is 10.8 Å². The number of hydrogen-bond acceptors (Lipinski definition) is 3. The summed E-state index contributed by atoms with van der Waals surface area (Å²) in [7, 11) is 0. The molecule has 1 aliphatic rings. The second kappa shape index (κ2) is 3.74. The number of benzene rings is 1. The highest BCUT2D eigenvalue weighted by atomic mass is 79.9. The number of hydrogen-bond donors (Lipinski definition) is 0. The van der Waals surface area contributed by atoms with Crippen molar-refractivity contribution in [2.45, 2.75) is 6.92 Å². The molecule has 0 aliphatic carbocycles. The molecule has 0 fully saturated rings. The molecule has 0 unspecified atom stereocenters. The number of aromatic nitrogens is 1. The highest BCUT2D eigenvalue weighted by Gasteiger charge is 2.26. The molecule has 0 saturated heterocycles. The van der Waals surface area contributed by atoms with Crippen molar-refractivity contribution in [1.29, 1.82) is 0 Å². The molecule has 6 heteroatoms. The topological polar surface area (TPSA) is 40.5 Å². The van der Waals surface area contributed by atoms with Crippen LogP contribution in [0, 0.1) is 0 Å². The molecule has 88 valence electrons. The normalized spacial score (nSPS) is 13.4. The second-order valence-corrected chi connectivity index (χ2v) is 5.25. The number of nitrogens with zero attached hydrogens (tertiary/aromatic N) is 1. The van der Waals surface area contributed by atoms with E-state index in [1.165, 1.54) is 6.92 Å². The van der Waals surface area contributed by atoms with Gasteiger partial charge in [-0.05, 0) is 37.9 Å². The lowest BCUT2D eigenvalue weighted by atomic mass is 10.2. The van der Waals surface area contributed by atoms with Crippen LogP contribution >= 0.6 is 31.9 Å². The minimum absolute atomic E-state index is 0.0496. The van der Waals surface area contributed by atoms with Crippen molar-refractivity contribution in [2.75, 3.05) is 6.79 Å². The summed E-state index contributed by atoms with van der Waals surface area (Å²) >= 11 is 6.95. The predicted octanol–water partition coefficient (Wildman–Crippen LogP) is 3.56. The van der Waals surface area contributed by atoms with Crippen LogP contribution in [0.3, 0.4) is 0 Å². The Hall–Kier alpha value is -1.01. The van der Waals surface area contributed by atoms with Crippen molar-refractivity contribution >= 4 is 48.7 Å². The van der Waals surface area contributed by atoms with Gasteiger partial charge in [-0.15, -0.1) is 0 Å². The Labute approximate surface area is 114 Å². The van der Waals surface area contributed by atoms with Gasteiger partial charge in [-0.3, -0.25) is 9.36 Å². The van der Waals surface area contributed by atoms with Crippen molar-refractivity contribution in [3.05, 3.63) is 21.2 Å². The van der Waals surface area contributed by atoms with Gasteiger partial charge in [-0.1, -0.05) is 0 Å². The van der Waals surface area contributed by atoms with E-state index in [0.717, 1.165) is 19.8 Å². The van der Waals surface area contributed by atoms with Gasteiger partial charge in [0.25, 0.3) is 0 Å². The van der Waals surface area contributed by atoms with Gasteiger partial charge in [-0.25, -0.2) is 0 Å². The average Bonchev–Trinajstić information content (AvgIpc) is 2.92. The summed E-state index contributed by atoms with van der Waals surface area (Å²) in [5.74, 6) is 1.25. The third kappa shape index (κ3) is 1.43. The Bertz CT molecular complexity index is 648. The second-order valence-electron chi connectivity index (χ2n) is 3.66. The van der Waals surface area contributed by atoms with E-state index in [2.05, 4.69) is 31.9 Å². The third-order valence-electron chi connectivity index (χ3n) is 2.68. The largest absolute Gasteiger partial charge is 0.452 e. The van der Waals surface area contributed by atoms with Crippen LogP contribution in [0.4, 0.5) is 0 Å². The zero-order valence-electron chi connectivity index (χ0n) is 8.79. The quantitative estimate of drug-likeness (QED) is 0.721. The molecule has 1 aromatic heterocycles. The van der Waals surface area contributed by atoms with E-state index < -0.39 is 0 Å². The highest BCUT2D eigenvalue weighted by molar-refractivity contribution is 9.11. The van der Waals surface area contributed by atoms with E-state index >= 15 is 0 Å². The standard InChI is InChI=1S/C11H7Br2NO3/c1-5(15)14-3-2-6-7(12)10-11(17-4-16-10)8(13)9(6)14/h2-3H,4H2,1H3. The molecule has 0 spiro atoms. The van der Waals surface area contributed by atoms with Gasteiger partial charge in [0.05, 0.1) is 14.5 Å². The van der Waals surface area contributed by atoms with Gasteiger partial charge in [0, 0.05) is 18.5 Å². The van der Waals surface area contributed by atoms with Crippen LogP contribution in [-0.4, -0.2) is 17.3 Å². The number of rotatable bonds is 0. The molecule has 0 N–H and O–H groups in total. The Morgan fingerprint density at radius 3 is 2.59 bits per heavy atom. The van der Waals surface area contributed by atoms with Gasteiger partial charge in [0.15, 0.2) is 11.5 Å². The van der Waals surface area contributed by atoms with E-state index in [4.69, 9.17) is 9.47 Å². The Kier molecular flexibility index (Phi) is 2.45. The molecule has 1 aliphatic heterocycles. The molecule has 3 rings (SSSR count). The first kappa shape index (κ1) is 11.1. The summed E-state index contributed by atoms with van der Waals surface area (Å²) in [6.07, 6.45) is 1.73.